The van der Waals surface area contributed by atoms with Crippen molar-refractivity contribution >= 4 is 24.0 Å². The predicted molar refractivity (Wildman–Crippen MR) is 94.8 cm³/mol. The maximum atomic E-state index is 12.2. The van der Waals surface area contributed by atoms with Gasteiger partial charge >= 0.3 is 0 Å². The van der Waals surface area contributed by atoms with Gasteiger partial charge in [-0.25, -0.2) is 0 Å². The Morgan fingerprint density at radius 3 is 2.32 bits per heavy atom. The molecule has 0 aliphatic rings. The minimum absolute atomic E-state index is 0. The van der Waals surface area contributed by atoms with Crippen molar-refractivity contribution in [3.63, 3.8) is 0 Å². The van der Waals surface area contributed by atoms with Crippen molar-refractivity contribution in [2.75, 3.05) is 12.3 Å². The molecular formula is C18H23ClN2O. The fraction of sp³-hybridized carbons (Fsp3) is 0.278. The average molecular weight is 319 g/mol. The van der Waals surface area contributed by atoms with Crippen molar-refractivity contribution in [2.24, 2.45) is 0 Å². The van der Waals surface area contributed by atoms with Gasteiger partial charge in [-0.1, -0.05) is 24.3 Å². The van der Waals surface area contributed by atoms with Crippen LogP contribution in [0.5, 0.6) is 0 Å². The maximum Gasteiger partial charge on any atom is 0.251 e. The van der Waals surface area contributed by atoms with Crippen LogP contribution in [0, 0.1) is 20.8 Å². The number of anilines is 1. The molecule has 2 aromatic carbocycles. The first kappa shape index (κ1) is 18.1. The van der Waals surface area contributed by atoms with Gasteiger partial charge in [0.25, 0.3) is 5.91 Å². The fourth-order valence-electron chi connectivity index (χ4n) is 2.52. The zero-order chi connectivity index (χ0) is 15.4. The summed E-state index contributed by atoms with van der Waals surface area (Å²) < 4.78 is 0. The number of carbonyl (C=O) groups is 1. The number of aryl methyl sites for hydroxylation is 3. The average Bonchev–Trinajstić information content (AvgIpc) is 2.44. The summed E-state index contributed by atoms with van der Waals surface area (Å²) in [5.74, 6) is -0.0639. The van der Waals surface area contributed by atoms with Crippen LogP contribution in [0.25, 0.3) is 0 Å². The van der Waals surface area contributed by atoms with E-state index < -0.39 is 0 Å². The van der Waals surface area contributed by atoms with E-state index in [0.717, 1.165) is 12.0 Å². The number of amides is 1. The number of nitrogens with one attached hydrogen (secondary N) is 1. The highest BCUT2D eigenvalue weighted by molar-refractivity contribution is 5.96. The molecular weight excluding hydrogens is 296 g/mol. The molecule has 3 nitrogen and oxygen atoms in total. The van der Waals surface area contributed by atoms with Crippen LogP contribution in [0.15, 0.2) is 36.4 Å². The molecule has 4 heteroatoms. The minimum Gasteiger partial charge on any atom is -0.399 e. The molecule has 0 aliphatic carbocycles. The van der Waals surface area contributed by atoms with E-state index in [4.69, 9.17) is 5.73 Å². The molecule has 0 fully saturated rings. The third-order valence-corrected chi connectivity index (χ3v) is 3.81. The SMILES string of the molecule is Cc1ccc(N)cc1C(=O)NCCc1c(C)cccc1C.Cl. The molecule has 1 amide bonds. The third-order valence-electron chi connectivity index (χ3n) is 3.81. The van der Waals surface area contributed by atoms with Crippen molar-refractivity contribution in [2.45, 2.75) is 27.2 Å². The van der Waals surface area contributed by atoms with E-state index in [2.05, 4.69) is 37.4 Å². The zero-order valence-electron chi connectivity index (χ0n) is 13.3. The van der Waals surface area contributed by atoms with Gasteiger partial charge in [-0.2, -0.15) is 0 Å². The number of rotatable bonds is 4. The second kappa shape index (κ2) is 7.85. The Bertz CT molecular complexity index is 648. The molecule has 0 aliphatic heterocycles. The molecule has 2 aromatic rings. The summed E-state index contributed by atoms with van der Waals surface area (Å²) in [6.07, 6.45) is 0.839. The summed E-state index contributed by atoms with van der Waals surface area (Å²) in [4.78, 5) is 12.2. The van der Waals surface area contributed by atoms with E-state index in [1.807, 2.05) is 19.1 Å². The largest absolute Gasteiger partial charge is 0.399 e. The molecule has 0 atom stereocenters. The molecule has 0 aromatic heterocycles. The highest BCUT2D eigenvalue weighted by Crippen LogP contribution is 2.14. The Morgan fingerprint density at radius 1 is 1.05 bits per heavy atom. The fourth-order valence-corrected chi connectivity index (χ4v) is 2.52. The van der Waals surface area contributed by atoms with E-state index in [1.54, 1.807) is 6.07 Å². The van der Waals surface area contributed by atoms with Crippen LogP contribution < -0.4 is 11.1 Å². The normalized spacial score (nSPS) is 9.95. The Balaban J connectivity index is 0.00000242. The van der Waals surface area contributed by atoms with Crippen LogP contribution in [0.3, 0.4) is 0 Å². The quantitative estimate of drug-likeness (QED) is 0.846. The second-order valence-corrected chi connectivity index (χ2v) is 5.45. The molecule has 0 bridgehead atoms. The minimum atomic E-state index is -0.0639. The summed E-state index contributed by atoms with van der Waals surface area (Å²) in [5, 5.41) is 2.98. The molecule has 0 unspecified atom stereocenters. The summed E-state index contributed by atoms with van der Waals surface area (Å²) in [6.45, 7) is 6.75. The first-order chi connectivity index (χ1) is 9.99. The standard InChI is InChI=1S/C18H22N2O.ClH/c1-12-5-4-6-13(2)16(12)9-10-20-18(21)17-11-15(19)8-7-14(17)3;/h4-8,11H,9-10,19H2,1-3H3,(H,20,21);1H. The van der Waals surface area contributed by atoms with Gasteiger partial charge in [-0.15, -0.1) is 12.4 Å². The number of hydrogen-bond donors (Lipinski definition) is 2. The summed E-state index contributed by atoms with van der Waals surface area (Å²) in [5.41, 5.74) is 11.8. The first-order valence-corrected chi connectivity index (χ1v) is 7.18. The molecule has 0 saturated heterocycles. The van der Waals surface area contributed by atoms with Gasteiger partial charge in [-0.3, -0.25) is 4.79 Å². The number of nitrogens with two attached hydrogens (primary N) is 1. The van der Waals surface area contributed by atoms with Crippen molar-refractivity contribution in [1.82, 2.24) is 5.32 Å². The number of hydrogen-bond acceptors (Lipinski definition) is 2. The van der Waals surface area contributed by atoms with Gasteiger partial charge in [0.15, 0.2) is 0 Å². The van der Waals surface area contributed by atoms with Gasteiger partial charge in [0, 0.05) is 17.8 Å². The van der Waals surface area contributed by atoms with Gasteiger partial charge in [0.2, 0.25) is 0 Å². The smallest absolute Gasteiger partial charge is 0.251 e. The number of nitrogen functional groups attached to an aromatic ring is 1. The monoisotopic (exact) mass is 318 g/mol. The lowest BCUT2D eigenvalue weighted by molar-refractivity contribution is 0.0953. The Morgan fingerprint density at radius 2 is 1.68 bits per heavy atom. The summed E-state index contributed by atoms with van der Waals surface area (Å²) >= 11 is 0. The van der Waals surface area contributed by atoms with E-state index >= 15 is 0 Å². The van der Waals surface area contributed by atoms with E-state index in [1.165, 1.54) is 16.7 Å². The Hall–Kier alpha value is -2.00. The lowest BCUT2D eigenvalue weighted by Gasteiger charge is -2.11. The molecule has 0 spiro atoms. The highest BCUT2D eigenvalue weighted by Gasteiger charge is 2.09. The second-order valence-electron chi connectivity index (χ2n) is 5.45. The molecule has 0 saturated carbocycles. The van der Waals surface area contributed by atoms with Gasteiger partial charge < -0.3 is 11.1 Å². The molecule has 0 radical (unpaired) electrons. The highest BCUT2D eigenvalue weighted by atomic mass is 35.5. The van der Waals surface area contributed by atoms with E-state index in [-0.39, 0.29) is 18.3 Å². The van der Waals surface area contributed by atoms with Gasteiger partial charge in [0.1, 0.15) is 0 Å². The van der Waals surface area contributed by atoms with Crippen molar-refractivity contribution in [3.8, 4) is 0 Å². The van der Waals surface area contributed by atoms with E-state index in [9.17, 15) is 4.79 Å². The molecule has 118 valence electrons. The predicted octanol–water partition coefficient (Wildman–Crippen LogP) is 3.59. The molecule has 22 heavy (non-hydrogen) atoms. The molecule has 3 N–H and O–H groups in total. The molecule has 0 heterocycles. The van der Waals surface area contributed by atoms with Crippen LogP contribution in [0.4, 0.5) is 5.69 Å². The van der Waals surface area contributed by atoms with Crippen molar-refractivity contribution in [3.05, 3.63) is 64.2 Å². The number of carbonyl (C=O) groups excluding carboxylic acids is 1. The molecule has 2 rings (SSSR count). The first-order valence-electron chi connectivity index (χ1n) is 7.18. The Labute approximate surface area is 138 Å². The van der Waals surface area contributed by atoms with Gasteiger partial charge in [-0.05, 0) is 61.6 Å². The lowest BCUT2D eigenvalue weighted by Crippen LogP contribution is -2.26. The van der Waals surface area contributed by atoms with Crippen LogP contribution in [0.1, 0.15) is 32.6 Å². The van der Waals surface area contributed by atoms with Crippen molar-refractivity contribution in [1.29, 1.82) is 0 Å². The van der Waals surface area contributed by atoms with Crippen molar-refractivity contribution < 1.29 is 4.79 Å². The van der Waals surface area contributed by atoms with Gasteiger partial charge in [0.05, 0.1) is 0 Å². The number of halogens is 1. The summed E-state index contributed by atoms with van der Waals surface area (Å²) in [6, 6.07) is 11.7. The van der Waals surface area contributed by atoms with Crippen LogP contribution in [-0.2, 0) is 6.42 Å². The lowest BCUT2D eigenvalue weighted by atomic mass is 10.00. The Kier molecular flexibility index (Phi) is 6.44. The van der Waals surface area contributed by atoms with E-state index in [0.29, 0.717) is 17.8 Å². The third kappa shape index (κ3) is 4.25. The zero-order valence-corrected chi connectivity index (χ0v) is 14.1. The van der Waals surface area contributed by atoms with Crippen LogP contribution in [0.2, 0.25) is 0 Å². The number of benzene rings is 2. The topological polar surface area (TPSA) is 55.1 Å². The van der Waals surface area contributed by atoms with Crippen LogP contribution in [-0.4, -0.2) is 12.5 Å². The summed E-state index contributed by atoms with van der Waals surface area (Å²) in [7, 11) is 0. The maximum absolute atomic E-state index is 12.2. The van der Waals surface area contributed by atoms with Crippen LogP contribution >= 0.6 is 12.4 Å².